The number of nitrogens with zero attached hydrogens (tertiary/aromatic N) is 1. The van der Waals surface area contributed by atoms with Gasteiger partial charge in [-0.25, -0.2) is 0 Å². The molecule has 0 saturated heterocycles. The van der Waals surface area contributed by atoms with Gasteiger partial charge in [-0.05, 0) is 34.1 Å². The molecule has 88 valence electrons. The van der Waals surface area contributed by atoms with Crippen LogP contribution in [0.15, 0.2) is 28.9 Å². The van der Waals surface area contributed by atoms with Crippen molar-refractivity contribution in [3.63, 3.8) is 0 Å². The molecule has 0 aliphatic rings. The molecule has 1 heterocycles. The minimum absolute atomic E-state index is 0.223. The molecule has 1 aromatic heterocycles. The molecule has 0 aliphatic carbocycles. The third kappa shape index (κ3) is 2.59. The SMILES string of the molecule is Nc1[nH]ncc1C(=O)Nc1cc(Cl)ccc1Br. The summed E-state index contributed by atoms with van der Waals surface area (Å²) in [5.41, 5.74) is 6.41. The third-order valence-corrected chi connectivity index (χ3v) is 3.02. The van der Waals surface area contributed by atoms with E-state index in [1.165, 1.54) is 6.20 Å². The van der Waals surface area contributed by atoms with Crippen LogP contribution in [0.25, 0.3) is 0 Å². The van der Waals surface area contributed by atoms with Gasteiger partial charge in [0.1, 0.15) is 11.4 Å². The quantitative estimate of drug-likeness (QED) is 0.796. The van der Waals surface area contributed by atoms with Crippen molar-refractivity contribution < 1.29 is 4.79 Å². The number of benzene rings is 1. The molecule has 1 amide bonds. The average Bonchev–Trinajstić information content (AvgIpc) is 2.70. The Balaban J connectivity index is 2.24. The zero-order valence-corrected chi connectivity index (χ0v) is 10.8. The molecular formula is C10H8BrClN4O. The summed E-state index contributed by atoms with van der Waals surface area (Å²) in [6.07, 6.45) is 1.36. The number of rotatable bonds is 2. The van der Waals surface area contributed by atoms with Gasteiger partial charge in [-0.2, -0.15) is 5.10 Å². The van der Waals surface area contributed by atoms with E-state index in [1.807, 2.05) is 0 Å². The van der Waals surface area contributed by atoms with Gasteiger partial charge in [0, 0.05) is 9.50 Å². The van der Waals surface area contributed by atoms with Gasteiger partial charge in [0.25, 0.3) is 5.91 Å². The Labute approximate surface area is 110 Å². The fourth-order valence-electron chi connectivity index (χ4n) is 1.26. The standard InChI is InChI=1S/C10H8BrClN4O/c11-7-2-1-5(12)3-8(7)15-10(17)6-4-14-16-9(6)13/h1-4H,(H,15,17)(H3,13,14,16). The van der Waals surface area contributed by atoms with Crippen molar-refractivity contribution in [1.82, 2.24) is 10.2 Å². The molecule has 2 aromatic rings. The van der Waals surface area contributed by atoms with Crippen LogP contribution in [-0.4, -0.2) is 16.1 Å². The molecule has 0 saturated carbocycles. The maximum atomic E-state index is 11.8. The van der Waals surface area contributed by atoms with Gasteiger partial charge in [0.05, 0.1) is 11.9 Å². The molecule has 1 aromatic carbocycles. The molecule has 0 bridgehead atoms. The van der Waals surface area contributed by atoms with Crippen molar-refractivity contribution in [3.8, 4) is 0 Å². The fourth-order valence-corrected chi connectivity index (χ4v) is 1.78. The summed E-state index contributed by atoms with van der Waals surface area (Å²) in [5.74, 6) is -0.125. The van der Waals surface area contributed by atoms with Crippen LogP contribution in [0.3, 0.4) is 0 Å². The number of nitrogens with two attached hydrogens (primary N) is 1. The highest BCUT2D eigenvalue weighted by molar-refractivity contribution is 9.10. The number of anilines is 2. The Morgan fingerprint density at radius 1 is 1.53 bits per heavy atom. The summed E-state index contributed by atoms with van der Waals surface area (Å²) in [4.78, 5) is 11.8. The summed E-state index contributed by atoms with van der Waals surface area (Å²) in [7, 11) is 0. The zero-order chi connectivity index (χ0) is 12.4. The van der Waals surface area contributed by atoms with Crippen LogP contribution < -0.4 is 11.1 Å². The minimum atomic E-state index is -0.348. The largest absolute Gasteiger partial charge is 0.383 e. The lowest BCUT2D eigenvalue weighted by molar-refractivity contribution is 0.102. The van der Waals surface area contributed by atoms with Crippen LogP contribution in [0.1, 0.15) is 10.4 Å². The lowest BCUT2D eigenvalue weighted by Crippen LogP contribution is -2.13. The maximum Gasteiger partial charge on any atom is 0.261 e. The lowest BCUT2D eigenvalue weighted by atomic mass is 10.2. The molecule has 5 nitrogen and oxygen atoms in total. The third-order valence-electron chi connectivity index (χ3n) is 2.09. The molecule has 2 rings (SSSR count). The van der Waals surface area contributed by atoms with Gasteiger partial charge < -0.3 is 11.1 Å². The van der Waals surface area contributed by atoms with Gasteiger partial charge in [-0.3, -0.25) is 9.89 Å². The van der Waals surface area contributed by atoms with Crippen LogP contribution in [0, 0.1) is 0 Å². The molecule has 7 heteroatoms. The van der Waals surface area contributed by atoms with Gasteiger partial charge in [-0.1, -0.05) is 11.6 Å². The van der Waals surface area contributed by atoms with E-state index in [4.69, 9.17) is 17.3 Å². The molecular weight excluding hydrogens is 307 g/mol. The summed E-state index contributed by atoms with van der Waals surface area (Å²) in [6, 6.07) is 5.10. The molecule has 0 atom stereocenters. The highest BCUT2D eigenvalue weighted by Gasteiger charge is 2.13. The molecule has 4 N–H and O–H groups in total. The van der Waals surface area contributed by atoms with Crippen molar-refractivity contribution in [3.05, 3.63) is 39.5 Å². The Bertz CT molecular complexity index is 569. The first-order valence-electron chi connectivity index (χ1n) is 4.63. The monoisotopic (exact) mass is 314 g/mol. The second kappa shape index (κ2) is 4.77. The molecule has 0 radical (unpaired) electrons. The van der Waals surface area contributed by atoms with Crippen molar-refractivity contribution in [1.29, 1.82) is 0 Å². The number of halogens is 2. The molecule has 0 fully saturated rings. The van der Waals surface area contributed by atoms with E-state index in [0.29, 0.717) is 10.7 Å². The topological polar surface area (TPSA) is 83.8 Å². The number of carbonyl (C=O) groups excluding carboxylic acids is 1. The minimum Gasteiger partial charge on any atom is -0.383 e. The number of amides is 1. The summed E-state index contributed by atoms with van der Waals surface area (Å²) in [6.45, 7) is 0. The highest BCUT2D eigenvalue weighted by atomic mass is 79.9. The van der Waals surface area contributed by atoms with Crippen LogP contribution in [0.4, 0.5) is 11.5 Å². The van der Waals surface area contributed by atoms with Gasteiger partial charge in [-0.15, -0.1) is 0 Å². The first-order valence-corrected chi connectivity index (χ1v) is 5.80. The van der Waals surface area contributed by atoms with Crippen LogP contribution in [-0.2, 0) is 0 Å². The molecule has 17 heavy (non-hydrogen) atoms. The van der Waals surface area contributed by atoms with E-state index in [1.54, 1.807) is 18.2 Å². The predicted molar refractivity (Wildman–Crippen MR) is 70.1 cm³/mol. The number of aromatic amines is 1. The number of hydrogen-bond acceptors (Lipinski definition) is 3. The Hall–Kier alpha value is -1.53. The summed E-state index contributed by atoms with van der Waals surface area (Å²) >= 11 is 9.15. The van der Waals surface area contributed by atoms with Crippen molar-refractivity contribution >= 4 is 44.9 Å². The average molecular weight is 316 g/mol. The second-order valence-electron chi connectivity index (χ2n) is 3.28. The molecule has 0 unspecified atom stereocenters. The normalized spacial score (nSPS) is 10.2. The number of H-pyrrole nitrogens is 1. The maximum absolute atomic E-state index is 11.8. The first kappa shape index (κ1) is 11.9. The molecule has 0 spiro atoms. The van der Waals surface area contributed by atoms with E-state index in [-0.39, 0.29) is 17.3 Å². The summed E-state index contributed by atoms with van der Waals surface area (Å²) < 4.78 is 0.734. The zero-order valence-electron chi connectivity index (χ0n) is 8.50. The van der Waals surface area contributed by atoms with E-state index in [0.717, 1.165) is 4.47 Å². The van der Waals surface area contributed by atoms with Crippen LogP contribution >= 0.6 is 27.5 Å². The number of nitrogens with one attached hydrogen (secondary N) is 2. The predicted octanol–water partition coefficient (Wildman–Crippen LogP) is 2.66. The number of nitrogen functional groups attached to an aromatic ring is 1. The summed E-state index contributed by atoms with van der Waals surface area (Å²) in [5, 5.41) is 9.38. The van der Waals surface area contributed by atoms with E-state index in [9.17, 15) is 4.79 Å². The Kier molecular flexibility index (Phi) is 3.35. The molecule has 0 aliphatic heterocycles. The number of aromatic nitrogens is 2. The number of carbonyl (C=O) groups is 1. The Morgan fingerprint density at radius 3 is 2.94 bits per heavy atom. The second-order valence-corrected chi connectivity index (χ2v) is 4.57. The van der Waals surface area contributed by atoms with Crippen molar-refractivity contribution in [2.24, 2.45) is 0 Å². The van der Waals surface area contributed by atoms with Gasteiger partial charge in [0.2, 0.25) is 0 Å². The number of hydrogen-bond donors (Lipinski definition) is 3. The van der Waals surface area contributed by atoms with Crippen LogP contribution in [0.5, 0.6) is 0 Å². The van der Waals surface area contributed by atoms with E-state index in [2.05, 4.69) is 31.4 Å². The lowest BCUT2D eigenvalue weighted by Gasteiger charge is -2.06. The fraction of sp³-hybridized carbons (Fsp3) is 0. The highest BCUT2D eigenvalue weighted by Crippen LogP contribution is 2.26. The van der Waals surface area contributed by atoms with E-state index >= 15 is 0 Å². The van der Waals surface area contributed by atoms with Crippen LogP contribution in [0.2, 0.25) is 5.02 Å². The first-order chi connectivity index (χ1) is 8.08. The Morgan fingerprint density at radius 2 is 2.29 bits per heavy atom. The van der Waals surface area contributed by atoms with Gasteiger partial charge in [0.15, 0.2) is 0 Å². The van der Waals surface area contributed by atoms with E-state index < -0.39 is 0 Å². The van der Waals surface area contributed by atoms with Crippen molar-refractivity contribution in [2.75, 3.05) is 11.1 Å². The van der Waals surface area contributed by atoms with Gasteiger partial charge >= 0.3 is 0 Å². The van der Waals surface area contributed by atoms with Crippen molar-refractivity contribution in [2.45, 2.75) is 0 Å². The smallest absolute Gasteiger partial charge is 0.261 e.